The first kappa shape index (κ1) is 9.22. The van der Waals surface area contributed by atoms with Crippen LogP contribution in [0.2, 0.25) is 0 Å². The Morgan fingerprint density at radius 1 is 1.46 bits per heavy atom. The molecule has 2 heteroatoms. The van der Waals surface area contributed by atoms with Gasteiger partial charge in [0.25, 0.3) is 0 Å². The number of hydrogen-bond acceptors (Lipinski definition) is 2. The first-order chi connectivity index (χ1) is 6.45. The van der Waals surface area contributed by atoms with Crippen molar-refractivity contribution in [2.45, 2.75) is 38.1 Å². The van der Waals surface area contributed by atoms with Gasteiger partial charge in [-0.1, -0.05) is 11.6 Å². The average Bonchev–Trinajstić information content (AvgIpc) is 2.69. The summed E-state index contributed by atoms with van der Waals surface area (Å²) < 4.78 is 0. The van der Waals surface area contributed by atoms with Crippen LogP contribution in [0.3, 0.4) is 0 Å². The third-order valence-electron chi connectivity index (χ3n) is 3.06. The molecular weight excluding hydrogens is 160 g/mol. The molecule has 1 heterocycles. The minimum atomic E-state index is 0.725. The van der Waals surface area contributed by atoms with Crippen molar-refractivity contribution in [3.05, 3.63) is 11.6 Å². The maximum atomic E-state index is 3.62. The predicted molar refractivity (Wildman–Crippen MR) is 55.8 cm³/mol. The highest BCUT2D eigenvalue weighted by Gasteiger charge is 2.13. The summed E-state index contributed by atoms with van der Waals surface area (Å²) in [4.78, 5) is 0. The van der Waals surface area contributed by atoms with Crippen molar-refractivity contribution in [1.82, 2.24) is 10.6 Å². The van der Waals surface area contributed by atoms with Gasteiger partial charge in [-0.25, -0.2) is 0 Å². The van der Waals surface area contributed by atoms with Crippen molar-refractivity contribution in [2.24, 2.45) is 0 Å². The number of allylic oxidation sites excluding steroid dienone is 1. The quantitative estimate of drug-likeness (QED) is 0.642. The second kappa shape index (κ2) is 4.77. The van der Waals surface area contributed by atoms with Gasteiger partial charge < -0.3 is 10.6 Å². The monoisotopic (exact) mass is 180 g/mol. The van der Waals surface area contributed by atoms with E-state index < -0.39 is 0 Å². The van der Waals surface area contributed by atoms with E-state index in [0.29, 0.717) is 0 Å². The van der Waals surface area contributed by atoms with Crippen LogP contribution in [-0.4, -0.2) is 25.7 Å². The fourth-order valence-corrected chi connectivity index (χ4v) is 2.17. The van der Waals surface area contributed by atoms with Crippen molar-refractivity contribution < 1.29 is 0 Å². The largest absolute Gasteiger partial charge is 0.315 e. The maximum absolute atomic E-state index is 3.62. The molecule has 1 aliphatic carbocycles. The minimum Gasteiger partial charge on any atom is -0.315 e. The summed E-state index contributed by atoms with van der Waals surface area (Å²) in [6.45, 7) is 3.48. The number of nitrogens with one attached hydrogen (secondary N) is 2. The molecule has 0 radical (unpaired) electrons. The van der Waals surface area contributed by atoms with Crippen LogP contribution in [0.1, 0.15) is 32.1 Å². The first-order valence-electron chi connectivity index (χ1n) is 5.57. The highest BCUT2D eigenvalue weighted by Crippen LogP contribution is 2.16. The summed E-state index contributed by atoms with van der Waals surface area (Å²) in [7, 11) is 0. The molecule has 0 saturated carbocycles. The van der Waals surface area contributed by atoms with Crippen LogP contribution in [0.15, 0.2) is 11.6 Å². The molecule has 1 fully saturated rings. The minimum absolute atomic E-state index is 0.725. The van der Waals surface area contributed by atoms with Crippen molar-refractivity contribution in [3.63, 3.8) is 0 Å². The Morgan fingerprint density at radius 2 is 2.46 bits per heavy atom. The molecule has 0 spiro atoms. The Labute approximate surface area is 80.8 Å². The summed E-state index contributed by atoms with van der Waals surface area (Å²) in [5, 5.41) is 7.00. The molecule has 1 aliphatic heterocycles. The second-order valence-corrected chi connectivity index (χ2v) is 4.18. The van der Waals surface area contributed by atoms with E-state index in [2.05, 4.69) is 16.7 Å². The highest BCUT2D eigenvalue weighted by molar-refractivity contribution is 5.07. The zero-order valence-corrected chi connectivity index (χ0v) is 8.31. The molecule has 0 aromatic rings. The molecule has 0 amide bonds. The van der Waals surface area contributed by atoms with E-state index in [-0.39, 0.29) is 0 Å². The summed E-state index contributed by atoms with van der Waals surface area (Å²) in [5.74, 6) is 0. The van der Waals surface area contributed by atoms with E-state index in [9.17, 15) is 0 Å². The topological polar surface area (TPSA) is 24.1 Å². The molecule has 13 heavy (non-hydrogen) atoms. The lowest BCUT2D eigenvalue weighted by molar-refractivity contribution is 0.556. The number of rotatable bonds is 3. The lowest BCUT2D eigenvalue weighted by Gasteiger charge is -2.16. The maximum Gasteiger partial charge on any atom is 0.0207 e. The van der Waals surface area contributed by atoms with E-state index in [1.165, 1.54) is 38.6 Å². The third-order valence-corrected chi connectivity index (χ3v) is 3.06. The zero-order valence-electron chi connectivity index (χ0n) is 8.31. The smallest absolute Gasteiger partial charge is 0.0207 e. The summed E-state index contributed by atoms with van der Waals surface area (Å²) >= 11 is 0. The van der Waals surface area contributed by atoms with Crippen LogP contribution >= 0.6 is 0 Å². The molecule has 2 aliphatic rings. The molecule has 74 valence electrons. The van der Waals surface area contributed by atoms with Crippen LogP contribution in [0.5, 0.6) is 0 Å². The van der Waals surface area contributed by atoms with Crippen molar-refractivity contribution in [3.8, 4) is 0 Å². The Balaban J connectivity index is 1.68. The normalized spacial score (nSPS) is 28.9. The molecule has 2 nitrogen and oxygen atoms in total. The Bertz CT molecular complexity index is 181. The van der Waals surface area contributed by atoms with Gasteiger partial charge in [-0.2, -0.15) is 0 Å². The lowest BCUT2D eigenvalue weighted by atomic mass is 9.99. The van der Waals surface area contributed by atoms with Gasteiger partial charge in [-0.3, -0.25) is 0 Å². The fraction of sp³-hybridized carbons (Fsp3) is 0.818. The molecule has 1 saturated heterocycles. The molecule has 2 rings (SSSR count). The zero-order chi connectivity index (χ0) is 8.93. The predicted octanol–water partition coefficient (Wildman–Crippen LogP) is 1.44. The molecule has 0 bridgehead atoms. The van der Waals surface area contributed by atoms with Gasteiger partial charge >= 0.3 is 0 Å². The first-order valence-corrected chi connectivity index (χ1v) is 5.57. The Morgan fingerprint density at radius 3 is 3.15 bits per heavy atom. The molecule has 2 N–H and O–H groups in total. The van der Waals surface area contributed by atoms with E-state index in [4.69, 9.17) is 0 Å². The summed E-state index contributed by atoms with van der Waals surface area (Å²) in [6, 6.07) is 0.725. The van der Waals surface area contributed by atoms with Gasteiger partial charge in [0.15, 0.2) is 0 Å². The molecule has 0 aromatic heterocycles. The molecular formula is C11H20N2. The van der Waals surface area contributed by atoms with Gasteiger partial charge in [0.1, 0.15) is 0 Å². The Kier molecular flexibility index (Phi) is 3.39. The van der Waals surface area contributed by atoms with Gasteiger partial charge in [0, 0.05) is 19.1 Å². The average molecular weight is 180 g/mol. The highest BCUT2D eigenvalue weighted by atomic mass is 15.0. The standard InChI is InChI=1S/C11H20N2/c1-2-4-10(5-3-1)8-13-11-6-7-12-9-11/h4,11-13H,1-3,5-9H2. The second-order valence-electron chi connectivity index (χ2n) is 4.18. The van der Waals surface area contributed by atoms with Crippen molar-refractivity contribution in [1.29, 1.82) is 0 Å². The SMILES string of the molecule is C1=C(CNC2CCNC2)CCCC1. The van der Waals surface area contributed by atoms with Gasteiger partial charge in [-0.15, -0.1) is 0 Å². The third kappa shape index (κ3) is 2.82. The van der Waals surface area contributed by atoms with Crippen LogP contribution in [-0.2, 0) is 0 Å². The van der Waals surface area contributed by atoms with Gasteiger partial charge in [0.05, 0.1) is 0 Å². The van der Waals surface area contributed by atoms with E-state index in [1.807, 2.05) is 0 Å². The Hall–Kier alpha value is -0.340. The lowest BCUT2D eigenvalue weighted by Crippen LogP contribution is -2.32. The molecule has 0 aromatic carbocycles. The molecule has 1 unspecified atom stereocenters. The van der Waals surface area contributed by atoms with Crippen LogP contribution in [0, 0.1) is 0 Å². The fourth-order valence-electron chi connectivity index (χ4n) is 2.17. The van der Waals surface area contributed by atoms with Crippen LogP contribution in [0.4, 0.5) is 0 Å². The van der Waals surface area contributed by atoms with Crippen molar-refractivity contribution >= 4 is 0 Å². The van der Waals surface area contributed by atoms with E-state index in [0.717, 1.165) is 19.1 Å². The summed E-state index contributed by atoms with van der Waals surface area (Å²) in [5.41, 5.74) is 1.64. The van der Waals surface area contributed by atoms with Crippen LogP contribution < -0.4 is 10.6 Å². The van der Waals surface area contributed by atoms with E-state index >= 15 is 0 Å². The van der Waals surface area contributed by atoms with E-state index in [1.54, 1.807) is 5.57 Å². The van der Waals surface area contributed by atoms with Gasteiger partial charge in [0.2, 0.25) is 0 Å². The van der Waals surface area contributed by atoms with Crippen LogP contribution in [0.25, 0.3) is 0 Å². The summed E-state index contributed by atoms with van der Waals surface area (Å²) in [6.07, 6.45) is 9.16. The molecule has 1 atom stereocenters. The van der Waals surface area contributed by atoms with Crippen molar-refractivity contribution in [2.75, 3.05) is 19.6 Å². The van der Waals surface area contributed by atoms with Gasteiger partial charge in [-0.05, 0) is 38.6 Å². The number of hydrogen-bond donors (Lipinski definition) is 2.